The van der Waals surface area contributed by atoms with Crippen LogP contribution in [0.15, 0.2) is 0 Å². The molecule has 1 aromatic heterocycles. The first kappa shape index (κ1) is 13.2. The normalized spacial score (nSPS) is 23.9. The molecule has 2 rings (SSSR count). The molecule has 0 spiro atoms. The van der Waals surface area contributed by atoms with Crippen molar-refractivity contribution in [3.8, 4) is 0 Å². The molecule has 18 heavy (non-hydrogen) atoms. The van der Waals surface area contributed by atoms with Gasteiger partial charge in [-0.1, -0.05) is 13.8 Å². The van der Waals surface area contributed by atoms with E-state index < -0.39 is 0 Å². The number of hydrogen-bond acceptors (Lipinski definition) is 3. The Balaban J connectivity index is 2.41. The molecule has 2 heterocycles. The second-order valence-corrected chi connectivity index (χ2v) is 5.44. The molecule has 2 atom stereocenters. The van der Waals surface area contributed by atoms with Gasteiger partial charge >= 0.3 is 0 Å². The molecule has 0 amide bonds. The van der Waals surface area contributed by atoms with E-state index in [-0.39, 0.29) is 0 Å². The lowest BCUT2D eigenvalue weighted by molar-refractivity contribution is 0.553. The van der Waals surface area contributed by atoms with Gasteiger partial charge in [-0.05, 0) is 39.5 Å². The second kappa shape index (κ2) is 5.21. The monoisotopic (exact) mass is 250 g/mol. The first-order valence-electron chi connectivity index (χ1n) is 7.21. The van der Waals surface area contributed by atoms with Crippen LogP contribution in [0.1, 0.15) is 52.1 Å². The zero-order valence-corrected chi connectivity index (χ0v) is 12.1. The molecule has 0 aromatic carbocycles. The third kappa shape index (κ3) is 2.08. The van der Waals surface area contributed by atoms with Crippen LogP contribution in [0.3, 0.4) is 0 Å². The van der Waals surface area contributed by atoms with Gasteiger partial charge in [-0.2, -0.15) is 5.10 Å². The highest BCUT2D eigenvalue weighted by Gasteiger charge is 2.33. The average Bonchev–Trinajstić information content (AvgIpc) is 2.82. The highest BCUT2D eigenvalue weighted by molar-refractivity contribution is 5.67. The summed E-state index contributed by atoms with van der Waals surface area (Å²) in [4.78, 5) is 2.50. The molecule has 2 N–H and O–H groups in total. The molecule has 102 valence electrons. The minimum absolute atomic E-state index is 0.573. The molecule has 0 aliphatic carbocycles. The Morgan fingerprint density at radius 1 is 1.33 bits per heavy atom. The van der Waals surface area contributed by atoms with E-state index in [2.05, 4.69) is 35.5 Å². The number of nitrogens with zero attached hydrogens (tertiary/aromatic N) is 3. The molecule has 1 aromatic rings. The minimum Gasteiger partial charge on any atom is -0.394 e. The van der Waals surface area contributed by atoms with Crippen LogP contribution in [0, 0.1) is 6.92 Å². The van der Waals surface area contributed by atoms with Crippen molar-refractivity contribution in [3.05, 3.63) is 5.69 Å². The molecular weight excluding hydrogens is 224 g/mol. The summed E-state index contributed by atoms with van der Waals surface area (Å²) in [7, 11) is 0. The number of nitrogen functional groups attached to an aromatic ring is 1. The summed E-state index contributed by atoms with van der Waals surface area (Å²) < 4.78 is 2.11. The Hall–Kier alpha value is -1.19. The number of hydrogen-bond donors (Lipinski definition) is 1. The molecule has 0 radical (unpaired) electrons. The Morgan fingerprint density at radius 3 is 2.67 bits per heavy atom. The third-order valence-corrected chi connectivity index (χ3v) is 4.08. The van der Waals surface area contributed by atoms with E-state index >= 15 is 0 Å². The Labute approximate surface area is 110 Å². The fourth-order valence-corrected chi connectivity index (χ4v) is 3.08. The number of aryl methyl sites for hydroxylation is 2. The molecule has 4 heteroatoms. The van der Waals surface area contributed by atoms with E-state index in [0.717, 1.165) is 30.2 Å². The van der Waals surface area contributed by atoms with Crippen LogP contribution in [0.25, 0.3) is 0 Å². The Morgan fingerprint density at radius 2 is 2.06 bits per heavy atom. The smallest absolute Gasteiger partial charge is 0.151 e. The maximum absolute atomic E-state index is 6.27. The van der Waals surface area contributed by atoms with Crippen LogP contribution in [0.4, 0.5) is 11.5 Å². The van der Waals surface area contributed by atoms with Gasteiger partial charge in [0.05, 0.1) is 11.4 Å². The summed E-state index contributed by atoms with van der Waals surface area (Å²) in [6, 6.07) is 1.19. The van der Waals surface area contributed by atoms with E-state index in [4.69, 9.17) is 5.73 Å². The Kier molecular flexibility index (Phi) is 3.83. The lowest BCUT2D eigenvalue weighted by Crippen LogP contribution is -2.36. The van der Waals surface area contributed by atoms with Crippen molar-refractivity contribution in [3.63, 3.8) is 0 Å². The zero-order valence-electron chi connectivity index (χ0n) is 12.1. The fourth-order valence-electron chi connectivity index (χ4n) is 3.08. The number of aromatic nitrogens is 2. The number of anilines is 2. The summed E-state index contributed by atoms with van der Waals surface area (Å²) in [6.45, 7) is 9.70. The van der Waals surface area contributed by atoms with Crippen LogP contribution >= 0.6 is 0 Å². The number of rotatable bonds is 4. The third-order valence-electron chi connectivity index (χ3n) is 4.08. The largest absolute Gasteiger partial charge is 0.394 e. The maximum Gasteiger partial charge on any atom is 0.151 e. The summed E-state index contributed by atoms with van der Waals surface area (Å²) in [5.41, 5.74) is 8.10. The highest BCUT2D eigenvalue weighted by atomic mass is 15.4. The van der Waals surface area contributed by atoms with E-state index in [1.807, 2.05) is 6.92 Å². The maximum atomic E-state index is 6.27. The predicted molar refractivity (Wildman–Crippen MR) is 76.9 cm³/mol. The molecule has 0 bridgehead atoms. The van der Waals surface area contributed by atoms with E-state index in [1.54, 1.807) is 0 Å². The fraction of sp³-hybridized carbons (Fsp3) is 0.786. The van der Waals surface area contributed by atoms with E-state index in [9.17, 15) is 0 Å². The van der Waals surface area contributed by atoms with Crippen LogP contribution in [-0.2, 0) is 6.54 Å². The van der Waals surface area contributed by atoms with E-state index in [1.165, 1.54) is 19.3 Å². The van der Waals surface area contributed by atoms with Crippen molar-refractivity contribution in [1.82, 2.24) is 9.78 Å². The Bertz CT molecular complexity index is 410. The van der Waals surface area contributed by atoms with Gasteiger partial charge in [0.2, 0.25) is 0 Å². The summed E-state index contributed by atoms with van der Waals surface area (Å²) >= 11 is 0. The second-order valence-electron chi connectivity index (χ2n) is 5.44. The predicted octanol–water partition coefficient (Wildman–Crippen LogP) is 2.95. The summed E-state index contributed by atoms with van der Waals surface area (Å²) in [6.07, 6.45) is 4.80. The first-order chi connectivity index (χ1) is 8.60. The quantitative estimate of drug-likeness (QED) is 0.893. The van der Waals surface area contributed by atoms with Gasteiger partial charge in [-0.25, -0.2) is 4.68 Å². The molecule has 4 nitrogen and oxygen atoms in total. The van der Waals surface area contributed by atoms with Crippen molar-refractivity contribution in [2.75, 3.05) is 10.6 Å². The molecular formula is C14H26N4. The topological polar surface area (TPSA) is 47.1 Å². The standard InChI is InChI=1S/C14H26N4/c1-5-9-17-14(13(15)11(4)16-17)18-10(3)7-8-12(18)6-2/h10,12H,5-9,15H2,1-4H3. The van der Waals surface area contributed by atoms with Crippen LogP contribution in [-0.4, -0.2) is 21.9 Å². The van der Waals surface area contributed by atoms with Gasteiger partial charge in [-0.15, -0.1) is 0 Å². The van der Waals surface area contributed by atoms with Gasteiger partial charge < -0.3 is 10.6 Å². The van der Waals surface area contributed by atoms with Gasteiger partial charge in [0.25, 0.3) is 0 Å². The summed E-state index contributed by atoms with van der Waals surface area (Å²) in [5, 5.41) is 4.60. The minimum atomic E-state index is 0.573. The lowest BCUT2D eigenvalue weighted by Gasteiger charge is -2.31. The lowest BCUT2D eigenvalue weighted by atomic mass is 10.1. The molecule has 1 saturated heterocycles. The van der Waals surface area contributed by atoms with Crippen LogP contribution in [0.2, 0.25) is 0 Å². The van der Waals surface area contributed by atoms with E-state index in [0.29, 0.717) is 12.1 Å². The van der Waals surface area contributed by atoms with Crippen molar-refractivity contribution >= 4 is 11.5 Å². The molecule has 0 saturated carbocycles. The van der Waals surface area contributed by atoms with Gasteiger partial charge in [0.1, 0.15) is 0 Å². The van der Waals surface area contributed by atoms with Crippen molar-refractivity contribution in [1.29, 1.82) is 0 Å². The molecule has 1 aliphatic heterocycles. The first-order valence-corrected chi connectivity index (χ1v) is 7.21. The average molecular weight is 250 g/mol. The van der Waals surface area contributed by atoms with Gasteiger partial charge in [0, 0.05) is 18.6 Å². The van der Waals surface area contributed by atoms with Gasteiger partial charge in [-0.3, -0.25) is 0 Å². The van der Waals surface area contributed by atoms with Crippen molar-refractivity contribution in [2.24, 2.45) is 0 Å². The summed E-state index contributed by atoms with van der Waals surface area (Å²) in [5.74, 6) is 1.16. The SMILES string of the molecule is CCCn1nc(C)c(N)c1N1C(C)CCC1CC. The molecule has 1 aliphatic rings. The van der Waals surface area contributed by atoms with Crippen LogP contribution < -0.4 is 10.6 Å². The van der Waals surface area contributed by atoms with Crippen LogP contribution in [0.5, 0.6) is 0 Å². The number of nitrogens with two attached hydrogens (primary N) is 1. The highest BCUT2D eigenvalue weighted by Crippen LogP contribution is 2.36. The van der Waals surface area contributed by atoms with Crippen molar-refractivity contribution in [2.45, 2.75) is 72.0 Å². The van der Waals surface area contributed by atoms with Crippen molar-refractivity contribution < 1.29 is 0 Å². The molecule has 1 fully saturated rings. The van der Waals surface area contributed by atoms with Gasteiger partial charge in [0.15, 0.2) is 5.82 Å². The zero-order chi connectivity index (χ0) is 13.3. The molecule has 2 unspecified atom stereocenters.